The summed E-state index contributed by atoms with van der Waals surface area (Å²) in [6.07, 6.45) is 0.191. The van der Waals surface area contributed by atoms with Crippen molar-refractivity contribution in [3.63, 3.8) is 0 Å². The monoisotopic (exact) mass is 274 g/mol. The third-order valence-electron chi connectivity index (χ3n) is 1.90. The molecule has 0 atom stereocenters. The van der Waals surface area contributed by atoms with Crippen molar-refractivity contribution in [2.45, 2.75) is 20.3 Å². The number of aliphatic hydroxyl groups is 1. The highest BCUT2D eigenvalue weighted by molar-refractivity contribution is 6.31. The number of hydrogen-bond donors (Lipinski definition) is 1. The fraction of sp³-hybridized carbons (Fsp3) is 0.462. The molecule has 0 saturated heterocycles. The maximum Gasteiger partial charge on any atom is 0.310 e. The largest absolute Gasteiger partial charge is 0.497 e. The van der Waals surface area contributed by atoms with Gasteiger partial charge in [0.15, 0.2) is 0 Å². The van der Waals surface area contributed by atoms with Crippen LogP contribution in [0.5, 0.6) is 5.75 Å². The van der Waals surface area contributed by atoms with Crippen molar-refractivity contribution >= 4 is 17.6 Å². The molecule has 0 aromatic heterocycles. The van der Waals surface area contributed by atoms with E-state index in [9.17, 15) is 4.79 Å². The minimum atomic E-state index is -0.274. The van der Waals surface area contributed by atoms with E-state index >= 15 is 0 Å². The minimum absolute atomic E-state index is 0.191. The van der Waals surface area contributed by atoms with Crippen LogP contribution in [0.25, 0.3) is 0 Å². The van der Waals surface area contributed by atoms with E-state index in [1.54, 1.807) is 39.2 Å². The zero-order valence-electron chi connectivity index (χ0n) is 10.9. The van der Waals surface area contributed by atoms with Crippen LogP contribution in [0.4, 0.5) is 0 Å². The van der Waals surface area contributed by atoms with E-state index in [1.165, 1.54) is 0 Å². The van der Waals surface area contributed by atoms with Gasteiger partial charge in [-0.3, -0.25) is 4.79 Å². The van der Waals surface area contributed by atoms with Crippen LogP contribution in [0.3, 0.4) is 0 Å². The molecular weight excluding hydrogens is 256 g/mol. The molecule has 0 radical (unpaired) electrons. The van der Waals surface area contributed by atoms with Crippen LogP contribution >= 0.6 is 11.6 Å². The highest BCUT2D eigenvalue weighted by Crippen LogP contribution is 2.22. The van der Waals surface area contributed by atoms with Gasteiger partial charge in [-0.25, -0.2) is 0 Å². The number of ether oxygens (including phenoxy) is 2. The predicted molar refractivity (Wildman–Crippen MR) is 71.1 cm³/mol. The molecule has 0 amide bonds. The molecule has 0 unspecified atom stereocenters. The topological polar surface area (TPSA) is 55.8 Å². The van der Waals surface area contributed by atoms with Crippen LogP contribution in [0, 0.1) is 0 Å². The van der Waals surface area contributed by atoms with Gasteiger partial charge in [-0.1, -0.05) is 17.7 Å². The van der Waals surface area contributed by atoms with Crippen molar-refractivity contribution < 1.29 is 19.4 Å². The average molecular weight is 275 g/mol. The van der Waals surface area contributed by atoms with Gasteiger partial charge in [-0.2, -0.15) is 0 Å². The Balaban J connectivity index is 0.000000873. The Kier molecular flexibility index (Phi) is 9.06. The summed E-state index contributed by atoms with van der Waals surface area (Å²) in [5.41, 5.74) is 0.746. The SMILES string of the molecule is CCO.CCOC(=O)Cc1ccc(OC)cc1Cl. The van der Waals surface area contributed by atoms with Crippen molar-refractivity contribution in [2.75, 3.05) is 20.3 Å². The number of aliphatic hydroxyl groups excluding tert-OH is 1. The van der Waals surface area contributed by atoms with Crippen molar-refractivity contribution in [1.29, 1.82) is 0 Å². The number of benzene rings is 1. The number of hydrogen-bond acceptors (Lipinski definition) is 4. The molecule has 0 bridgehead atoms. The van der Waals surface area contributed by atoms with E-state index in [0.717, 1.165) is 5.56 Å². The van der Waals surface area contributed by atoms with E-state index in [0.29, 0.717) is 17.4 Å². The molecule has 5 heteroatoms. The van der Waals surface area contributed by atoms with Gasteiger partial charge in [0.1, 0.15) is 5.75 Å². The summed E-state index contributed by atoms with van der Waals surface area (Å²) >= 11 is 5.96. The molecule has 0 saturated carbocycles. The first-order chi connectivity index (χ1) is 8.58. The number of esters is 1. The second-order valence-corrected chi connectivity index (χ2v) is 3.66. The van der Waals surface area contributed by atoms with E-state index in [1.807, 2.05) is 0 Å². The molecule has 1 rings (SSSR count). The van der Waals surface area contributed by atoms with Crippen molar-refractivity contribution in [1.82, 2.24) is 0 Å². The number of halogens is 1. The zero-order valence-corrected chi connectivity index (χ0v) is 11.7. The first-order valence-corrected chi connectivity index (χ1v) is 6.05. The van der Waals surface area contributed by atoms with E-state index in [2.05, 4.69) is 0 Å². The second-order valence-electron chi connectivity index (χ2n) is 3.26. The van der Waals surface area contributed by atoms with Gasteiger partial charge in [0.25, 0.3) is 0 Å². The van der Waals surface area contributed by atoms with Crippen LogP contribution in [-0.2, 0) is 16.0 Å². The zero-order chi connectivity index (χ0) is 14.0. The van der Waals surface area contributed by atoms with Gasteiger partial charge in [0, 0.05) is 11.6 Å². The van der Waals surface area contributed by atoms with Crippen LogP contribution < -0.4 is 4.74 Å². The summed E-state index contributed by atoms with van der Waals surface area (Å²) in [4.78, 5) is 11.2. The quantitative estimate of drug-likeness (QED) is 0.857. The molecule has 0 aliphatic rings. The normalized spacial score (nSPS) is 9.17. The summed E-state index contributed by atoms with van der Waals surface area (Å²) in [6.45, 7) is 4.08. The van der Waals surface area contributed by atoms with Crippen LogP contribution in [0.1, 0.15) is 19.4 Å². The number of carbonyl (C=O) groups excluding carboxylic acids is 1. The molecule has 4 nitrogen and oxygen atoms in total. The molecular formula is C13H19ClO4. The third-order valence-corrected chi connectivity index (χ3v) is 2.25. The summed E-state index contributed by atoms with van der Waals surface area (Å²) in [5.74, 6) is 0.400. The standard InChI is InChI=1S/C11H13ClO3.C2H6O/c1-3-15-11(13)6-8-4-5-9(14-2)7-10(8)12;1-2-3/h4-5,7H,3,6H2,1-2H3;3H,2H2,1H3. The van der Waals surface area contributed by atoms with Gasteiger partial charge >= 0.3 is 5.97 Å². The van der Waals surface area contributed by atoms with Gasteiger partial charge in [0.2, 0.25) is 0 Å². The number of carbonyl (C=O) groups is 1. The van der Waals surface area contributed by atoms with Crippen molar-refractivity contribution in [2.24, 2.45) is 0 Å². The van der Waals surface area contributed by atoms with Crippen LogP contribution in [0.2, 0.25) is 5.02 Å². The Hall–Kier alpha value is -1.26. The first kappa shape index (κ1) is 16.7. The van der Waals surface area contributed by atoms with Crippen molar-refractivity contribution in [3.8, 4) is 5.75 Å². The molecule has 1 aromatic rings. The lowest BCUT2D eigenvalue weighted by Crippen LogP contribution is -2.07. The maximum absolute atomic E-state index is 11.2. The predicted octanol–water partition coefficient (Wildman–Crippen LogP) is 2.45. The lowest BCUT2D eigenvalue weighted by atomic mass is 10.1. The first-order valence-electron chi connectivity index (χ1n) is 5.67. The maximum atomic E-state index is 11.2. The molecule has 0 spiro atoms. The average Bonchev–Trinajstić information content (AvgIpc) is 2.33. The molecule has 102 valence electrons. The number of rotatable bonds is 4. The van der Waals surface area contributed by atoms with Gasteiger partial charge in [-0.05, 0) is 31.5 Å². The summed E-state index contributed by atoms with van der Waals surface area (Å²) < 4.78 is 9.83. The summed E-state index contributed by atoms with van der Waals surface area (Å²) in [7, 11) is 1.57. The lowest BCUT2D eigenvalue weighted by Gasteiger charge is -2.06. The van der Waals surface area contributed by atoms with Gasteiger partial charge in [0.05, 0.1) is 20.1 Å². The van der Waals surface area contributed by atoms with Gasteiger partial charge in [-0.15, -0.1) is 0 Å². The Morgan fingerprint density at radius 3 is 2.44 bits per heavy atom. The molecule has 1 aromatic carbocycles. The Bertz CT molecular complexity index is 366. The molecule has 0 aliphatic carbocycles. The Labute approximate surface area is 112 Å². The Morgan fingerprint density at radius 2 is 2.00 bits per heavy atom. The van der Waals surface area contributed by atoms with Crippen LogP contribution in [0.15, 0.2) is 18.2 Å². The lowest BCUT2D eigenvalue weighted by molar-refractivity contribution is -0.142. The van der Waals surface area contributed by atoms with E-state index < -0.39 is 0 Å². The highest BCUT2D eigenvalue weighted by Gasteiger charge is 2.08. The summed E-state index contributed by atoms with van der Waals surface area (Å²) in [6, 6.07) is 5.20. The van der Waals surface area contributed by atoms with Crippen molar-refractivity contribution in [3.05, 3.63) is 28.8 Å². The van der Waals surface area contributed by atoms with E-state index in [4.69, 9.17) is 26.2 Å². The second kappa shape index (κ2) is 9.74. The molecule has 18 heavy (non-hydrogen) atoms. The highest BCUT2D eigenvalue weighted by atomic mass is 35.5. The van der Waals surface area contributed by atoms with Crippen LogP contribution in [-0.4, -0.2) is 31.4 Å². The fourth-order valence-electron chi connectivity index (χ4n) is 1.17. The van der Waals surface area contributed by atoms with E-state index in [-0.39, 0.29) is 19.0 Å². The molecule has 0 aliphatic heterocycles. The Morgan fingerprint density at radius 1 is 1.39 bits per heavy atom. The molecule has 0 fully saturated rings. The summed E-state index contributed by atoms with van der Waals surface area (Å²) in [5, 5.41) is 8.09. The smallest absolute Gasteiger partial charge is 0.310 e. The molecule has 0 heterocycles. The van der Waals surface area contributed by atoms with Gasteiger partial charge < -0.3 is 14.6 Å². The number of methoxy groups -OCH3 is 1. The molecule has 1 N–H and O–H groups in total. The fourth-order valence-corrected chi connectivity index (χ4v) is 1.40. The minimum Gasteiger partial charge on any atom is -0.497 e. The third kappa shape index (κ3) is 6.47.